The Kier molecular flexibility index (Phi) is 5.13. The maximum atomic E-state index is 12.8. The van der Waals surface area contributed by atoms with Crippen LogP contribution in [0.3, 0.4) is 0 Å². The second-order valence-corrected chi connectivity index (χ2v) is 7.68. The predicted molar refractivity (Wildman–Crippen MR) is 94.2 cm³/mol. The van der Waals surface area contributed by atoms with Crippen molar-refractivity contribution in [3.8, 4) is 0 Å². The summed E-state index contributed by atoms with van der Waals surface area (Å²) in [6.45, 7) is 5.48. The number of benzene rings is 2. The highest BCUT2D eigenvalue weighted by Crippen LogP contribution is 2.36. The molecule has 0 fully saturated rings. The summed E-state index contributed by atoms with van der Waals surface area (Å²) in [6.07, 6.45) is 2.75. The summed E-state index contributed by atoms with van der Waals surface area (Å²) in [5.74, 6) is 0.999. The Morgan fingerprint density at radius 2 is 2.00 bits per heavy atom. The molecule has 0 aliphatic carbocycles. The number of thioether (sulfide) groups is 1. The average Bonchev–Trinajstić information content (AvgIpc) is 2.55. The third-order valence-corrected chi connectivity index (χ3v) is 6.34. The topological polar surface area (TPSA) is 29.1 Å². The van der Waals surface area contributed by atoms with Gasteiger partial charge in [-0.3, -0.25) is 0 Å². The van der Waals surface area contributed by atoms with Gasteiger partial charge in [-0.1, -0.05) is 30.3 Å². The lowest BCUT2D eigenvalue weighted by Gasteiger charge is -2.21. The van der Waals surface area contributed by atoms with Crippen LogP contribution in [0.25, 0.3) is 0 Å². The van der Waals surface area contributed by atoms with Crippen LogP contribution in [0.2, 0.25) is 0 Å². The smallest absolute Gasteiger partial charge is 0.0855 e. The normalized spacial score (nSPS) is 15.9. The van der Waals surface area contributed by atoms with Crippen molar-refractivity contribution in [2.75, 3.05) is 18.8 Å². The molecule has 2 aromatic carbocycles. The molecule has 0 amide bonds. The standard InChI is InChI=1S/C18H19NOS2/c1-2-10-19-11-12-21-16-7-5-9-18-15(16)13-14-6-3-4-8-17(14)22(18)20/h2-9,19H,1,10-13H2. The van der Waals surface area contributed by atoms with Gasteiger partial charge in [0.2, 0.25) is 0 Å². The second-order valence-electron chi connectivity index (χ2n) is 5.13. The summed E-state index contributed by atoms with van der Waals surface area (Å²) in [7, 11) is -1.05. The molecule has 1 heterocycles. The van der Waals surface area contributed by atoms with Crippen LogP contribution < -0.4 is 5.32 Å². The molecular weight excluding hydrogens is 310 g/mol. The SMILES string of the molecule is C=CCNCCSc1cccc2c1Cc1ccccc1S2=O. The molecule has 1 atom stereocenters. The van der Waals surface area contributed by atoms with E-state index in [0.717, 1.165) is 35.1 Å². The Hall–Kier alpha value is -1.36. The average molecular weight is 329 g/mol. The second kappa shape index (κ2) is 7.27. The summed E-state index contributed by atoms with van der Waals surface area (Å²) in [5.41, 5.74) is 2.42. The summed E-state index contributed by atoms with van der Waals surface area (Å²) in [6, 6.07) is 14.2. The van der Waals surface area contributed by atoms with Gasteiger partial charge in [0.1, 0.15) is 0 Å². The molecule has 3 rings (SSSR count). The van der Waals surface area contributed by atoms with Crippen molar-refractivity contribution in [1.82, 2.24) is 5.32 Å². The molecule has 1 N–H and O–H groups in total. The zero-order valence-corrected chi connectivity index (χ0v) is 14.0. The van der Waals surface area contributed by atoms with E-state index in [4.69, 9.17) is 0 Å². The molecule has 1 unspecified atom stereocenters. The Morgan fingerprint density at radius 3 is 2.86 bits per heavy atom. The van der Waals surface area contributed by atoms with Crippen LogP contribution in [-0.4, -0.2) is 23.1 Å². The first-order chi connectivity index (χ1) is 10.8. The largest absolute Gasteiger partial charge is 0.312 e. The molecule has 0 aromatic heterocycles. The maximum Gasteiger partial charge on any atom is 0.0855 e. The van der Waals surface area contributed by atoms with E-state index in [2.05, 4.69) is 24.0 Å². The van der Waals surface area contributed by atoms with Crippen LogP contribution in [-0.2, 0) is 17.2 Å². The molecule has 114 valence electrons. The zero-order valence-electron chi connectivity index (χ0n) is 12.4. The Bertz CT molecular complexity index is 712. The molecule has 0 radical (unpaired) electrons. The first-order valence-corrected chi connectivity index (χ1v) is 9.51. The molecule has 22 heavy (non-hydrogen) atoms. The number of rotatable bonds is 6. The molecule has 0 spiro atoms. The highest BCUT2D eigenvalue weighted by atomic mass is 32.2. The number of hydrogen-bond acceptors (Lipinski definition) is 3. The van der Waals surface area contributed by atoms with Gasteiger partial charge in [-0.25, -0.2) is 4.21 Å². The van der Waals surface area contributed by atoms with Crippen molar-refractivity contribution in [3.63, 3.8) is 0 Å². The fraction of sp³-hybridized carbons (Fsp3) is 0.222. The van der Waals surface area contributed by atoms with Crippen LogP contribution in [0.15, 0.2) is 69.8 Å². The molecule has 4 heteroatoms. The van der Waals surface area contributed by atoms with Crippen LogP contribution in [0.4, 0.5) is 0 Å². The molecule has 0 saturated heterocycles. The minimum atomic E-state index is -1.05. The van der Waals surface area contributed by atoms with Gasteiger partial charge in [0.15, 0.2) is 0 Å². The van der Waals surface area contributed by atoms with Gasteiger partial charge in [0.25, 0.3) is 0 Å². The van der Waals surface area contributed by atoms with E-state index in [1.807, 2.05) is 48.2 Å². The summed E-state index contributed by atoms with van der Waals surface area (Å²) in [5, 5.41) is 3.31. The van der Waals surface area contributed by atoms with Crippen molar-refractivity contribution in [2.45, 2.75) is 21.1 Å². The van der Waals surface area contributed by atoms with Crippen LogP contribution in [0.5, 0.6) is 0 Å². The van der Waals surface area contributed by atoms with Gasteiger partial charge in [0, 0.05) is 39.9 Å². The Morgan fingerprint density at radius 1 is 1.18 bits per heavy atom. The maximum absolute atomic E-state index is 12.8. The van der Waals surface area contributed by atoms with E-state index in [9.17, 15) is 4.21 Å². The van der Waals surface area contributed by atoms with Gasteiger partial charge in [-0.05, 0) is 29.3 Å². The van der Waals surface area contributed by atoms with E-state index in [0.29, 0.717) is 0 Å². The third kappa shape index (κ3) is 3.19. The third-order valence-electron chi connectivity index (χ3n) is 3.65. The van der Waals surface area contributed by atoms with Crippen LogP contribution >= 0.6 is 11.8 Å². The fourth-order valence-electron chi connectivity index (χ4n) is 2.61. The van der Waals surface area contributed by atoms with E-state index < -0.39 is 10.8 Å². The number of nitrogens with one attached hydrogen (secondary N) is 1. The molecule has 1 aliphatic heterocycles. The number of fused-ring (bicyclic) bond motifs is 2. The molecule has 2 nitrogen and oxygen atoms in total. The van der Waals surface area contributed by atoms with Crippen molar-refractivity contribution in [1.29, 1.82) is 0 Å². The van der Waals surface area contributed by atoms with Crippen LogP contribution in [0.1, 0.15) is 11.1 Å². The highest BCUT2D eigenvalue weighted by molar-refractivity contribution is 7.99. The highest BCUT2D eigenvalue weighted by Gasteiger charge is 2.23. The molecule has 0 saturated carbocycles. The lowest BCUT2D eigenvalue weighted by molar-refractivity contribution is 0.679. The van der Waals surface area contributed by atoms with Crippen LogP contribution in [0, 0.1) is 0 Å². The van der Waals surface area contributed by atoms with Gasteiger partial charge < -0.3 is 5.32 Å². The summed E-state index contributed by atoms with van der Waals surface area (Å²) >= 11 is 1.83. The molecule has 2 aromatic rings. The van der Waals surface area contributed by atoms with Crippen molar-refractivity contribution < 1.29 is 4.21 Å². The fourth-order valence-corrected chi connectivity index (χ4v) is 5.09. The van der Waals surface area contributed by atoms with Gasteiger partial charge in [0.05, 0.1) is 10.8 Å². The first kappa shape index (κ1) is 15.5. The minimum absolute atomic E-state index is 0.838. The van der Waals surface area contributed by atoms with Crippen molar-refractivity contribution in [3.05, 3.63) is 66.2 Å². The van der Waals surface area contributed by atoms with Gasteiger partial charge in [-0.2, -0.15) is 0 Å². The zero-order chi connectivity index (χ0) is 15.4. The molecular formula is C18H19NOS2. The Balaban J connectivity index is 1.80. The van der Waals surface area contributed by atoms with E-state index in [1.165, 1.54) is 16.0 Å². The van der Waals surface area contributed by atoms with E-state index in [1.54, 1.807) is 0 Å². The monoisotopic (exact) mass is 329 g/mol. The van der Waals surface area contributed by atoms with E-state index >= 15 is 0 Å². The first-order valence-electron chi connectivity index (χ1n) is 7.37. The lowest BCUT2D eigenvalue weighted by Crippen LogP contribution is -2.17. The lowest BCUT2D eigenvalue weighted by atomic mass is 10.0. The van der Waals surface area contributed by atoms with E-state index in [-0.39, 0.29) is 0 Å². The predicted octanol–water partition coefficient (Wildman–Crippen LogP) is 3.63. The van der Waals surface area contributed by atoms with Gasteiger partial charge in [-0.15, -0.1) is 18.3 Å². The number of hydrogen-bond donors (Lipinski definition) is 1. The minimum Gasteiger partial charge on any atom is -0.312 e. The molecule has 1 aliphatic rings. The Labute approximate surface area is 138 Å². The van der Waals surface area contributed by atoms with Crippen molar-refractivity contribution in [2.24, 2.45) is 0 Å². The van der Waals surface area contributed by atoms with Crippen molar-refractivity contribution >= 4 is 22.6 Å². The molecule has 0 bridgehead atoms. The summed E-state index contributed by atoms with van der Waals surface area (Å²) < 4.78 is 12.8. The quantitative estimate of drug-likeness (QED) is 0.425. The van der Waals surface area contributed by atoms with Gasteiger partial charge >= 0.3 is 0 Å². The summed E-state index contributed by atoms with van der Waals surface area (Å²) in [4.78, 5) is 3.19.